The minimum absolute atomic E-state index is 0.0819. The van der Waals surface area contributed by atoms with Crippen LogP contribution in [0.1, 0.15) is 67.9 Å². The van der Waals surface area contributed by atoms with E-state index in [1.165, 1.54) is 11.1 Å². The molecule has 4 rings (SSSR count). The zero-order valence-corrected chi connectivity index (χ0v) is 17.8. The van der Waals surface area contributed by atoms with Crippen LogP contribution in [0.25, 0.3) is 11.6 Å². The van der Waals surface area contributed by atoms with E-state index < -0.39 is 0 Å². The number of benzene rings is 2. The molecule has 2 aromatic carbocycles. The quantitative estimate of drug-likeness (QED) is 0.600. The standard InChI is InChI=1S/C24H26ClNO2/c1-13(2)17-11-15(10-16-8-9-24(4,5)28-22(16)17)12-18-21-14(3)19(25)6-7-20(21)26-23(18)27/h6-7,10-13H,8-9H2,1-5H3,(H,26,27). The fourth-order valence-corrected chi connectivity index (χ4v) is 4.23. The van der Waals surface area contributed by atoms with Crippen LogP contribution in [0.5, 0.6) is 5.75 Å². The van der Waals surface area contributed by atoms with Crippen molar-refractivity contribution in [2.75, 3.05) is 5.32 Å². The highest BCUT2D eigenvalue weighted by molar-refractivity contribution is 6.37. The van der Waals surface area contributed by atoms with E-state index >= 15 is 0 Å². The third-order valence-corrected chi connectivity index (χ3v) is 6.10. The second-order valence-corrected chi connectivity index (χ2v) is 9.13. The van der Waals surface area contributed by atoms with Gasteiger partial charge in [0.15, 0.2) is 0 Å². The predicted molar refractivity (Wildman–Crippen MR) is 116 cm³/mol. The van der Waals surface area contributed by atoms with Gasteiger partial charge in [0.25, 0.3) is 5.91 Å². The lowest BCUT2D eigenvalue weighted by Gasteiger charge is -2.35. The Labute approximate surface area is 171 Å². The Hall–Kier alpha value is -2.26. The van der Waals surface area contributed by atoms with Gasteiger partial charge >= 0.3 is 0 Å². The maximum atomic E-state index is 12.6. The lowest BCUT2D eigenvalue weighted by atomic mass is 9.88. The van der Waals surface area contributed by atoms with Crippen LogP contribution in [-0.2, 0) is 11.2 Å². The third kappa shape index (κ3) is 3.22. The van der Waals surface area contributed by atoms with Gasteiger partial charge in [0, 0.05) is 21.8 Å². The summed E-state index contributed by atoms with van der Waals surface area (Å²) in [5, 5.41) is 3.63. The highest BCUT2D eigenvalue weighted by Gasteiger charge is 2.30. The van der Waals surface area contributed by atoms with Crippen molar-refractivity contribution in [2.24, 2.45) is 0 Å². The number of hydrogen-bond acceptors (Lipinski definition) is 2. The summed E-state index contributed by atoms with van der Waals surface area (Å²) >= 11 is 6.31. The van der Waals surface area contributed by atoms with Crippen molar-refractivity contribution in [3.63, 3.8) is 0 Å². The molecule has 1 N–H and O–H groups in total. The van der Waals surface area contributed by atoms with Crippen LogP contribution >= 0.6 is 11.6 Å². The summed E-state index contributed by atoms with van der Waals surface area (Å²) in [6.07, 6.45) is 3.94. The number of aryl methyl sites for hydroxylation is 1. The first-order valence-corrected chi connectivity index (χ1v) is 10.2. The minimum Gasteiger partial charge on any atom is -0.487 e. The second-order valence-electron chi connectivity index (χ2n) is 8.72. The number of amides is 1. The normalized spacial score (nSPS) is 18.7. The summed E-state index contributed by atoms with van der Waals surface area (Å²) < 4.78 is 6.33. The molecule has 0 radical (unpaired) electrons. The molecule has 3 nitrogen and oxygen atoms in total. The zero-order valence-electron chi connectivity index (χ0n) is 17.1. The number of anilines is 1. The van der Waals surface area contributed by atoms with Crippen molar-refractivity contribution in [2.45, 2.75) is 59.0 Å². The minimum atomic E-state index is -0.144. The first kappa shape index (κ1) is 19.1. The number of rotatable bonds is 2. The molecular formula is C24H26ClNO2. The summed E-state index contributed by atoms with van der Waals surface area (Å²) in [7, 11) is 0. The molecule has 2 heterocycles. The lowest BCUT2D eigenvalue weighted by Crippen LogP contribution is -2.33. The molecule has 28 heavy (non-hydrogen) atoms. The zero-order chi connectivity index (χ0) is 20.2. The van der Waals surface area contributed by atoms with Crippen molar-refractivity contribution in [1.29, 1.82) is 0 Å². The Morgan fingerprint density at radius 2 is 2.00 bits per heavy atom. The summed E-state index contributed by atoms with van der Waals surface area (Å²) in [6.45, 7) is 10.6. The first-order chi connectivity index (χ1) is 13.2. The molecule has 0 spiro atoms. The van der Waals surface area contributed by atoms with Gasteiger partial charge in [0.05, 0.1) is 0 Å². The Kier molecular flexibility index (Phi) is 4.54. The van der Waals surface area contributed by atoms with E-state index in [-0.39, 0.29) is 11.5 Å². The van der Waals surface area contributed by atoms with Crippen molar-refractivity contribution in [1.82, 2.24) is 0 Å². The van der Waals surface area contributed by atoms with Gasteiger partial charge in [-0.2, -0.15) is 0 Å². The van der Waals surface area contributed by atoms with Crippen molar-refractivity contribution < 1.29 is 9.53 Å². The Bertz CT molecular complexity index is 1020. The Morgan fingerprint density at radius 3 is 2.71 bits per heavy atom. The molecule has 146 valence electrons. The molecule has 2 aliphatic rings. The maximum Gasteiger partial charge on any atom is 0.256 e. The summed E-state index contributed by atoms with van der Waals surface area (Å²) in [5.41, 5.74) is 6.62. The molecule has 4 heteroatoms. The Morgan fingerprint density at radius 1 is 1.25 bits per heavy atom. The number of ether oxygens (including phenoxy) is 1. The molecule has 2 aromatic rings. The number of hydrogen-bond donors (Lipinski definition) is 1. The monoisotopic (exact) mass is 395 g/mol. The molecular weight excluding hydrogens is 370 g/mol. The van der Waals surface area contributed by atoms with Crippen LogP contribution in [0.3, 0.4) is 0 Å². The van der Waals surface area contributed by atoms with E-state index in [2.05, 4.69) is 45.1 Å². The highest BCUT2D eigenvalue weighted by Crippen LogP contribution is 2.42. The van der Waals surface area contributed by atoms with Gasteiger partial charge < -0.3 is 10.1 Å². The van der Waals surface area contributed by atoms with E-state index in [0.717, 1.165) is 41.0 Å². The van der Waals surface area contributed by atoms with E-state index in [1.807, 2.05) is 25.1 Å². The topological polar surface area (TPSA) is 38.3 Å². The average Bonchev–Trinajstić information content (AvgIpc) is 2.93. The van der Waals surface area contributed by atoms with Crippen LogP contribution in [0.4, 0.5) is 5.69 Å². The third-order valence-electron chi connectivity index (χ3n) is 5.69. The molecule has 0 bridgehead atoms. The largest absolute Gasteiger partial charge is 0.487 e. The average molecular weight is 396 g/mol. The van der Waals surface area contributed by atoms with Gasteiger partial charge in [-0.25, -0.2) is 0 Å². The SMILES string of the molecule is Cc1c(Cl)ccc2c1C(=Cc1cc3c(c(C(C)C)c1)OC(C)(C)CC3)C(=O)N2. The van der Waals surface area contributed by atoms with Gasteiger partial charge in [0.1, 0.15) is 11.4 Å². The second kappa shape index (κ2) is 6.66. The van der Waals surface area contributed by atoms with Crippen LogP contribution in [-0.4, -0.2) is 11.5 Å². The van der Waals surface area contributed by atoms with Crippen LogP contribution < -0.4 is 10.1 Å². The van der Waals surface area contributed by atoms with Gasteiger partial charge in [-0.15, -0.1) is 0 Å². The smallest absolute Gasteiger partial charge is 0.256 e. The lowest BCUT2D eigenvalue weighted by molar-refractivity contribution is -0.110. The molecule has 0 aliphatic carbocycles. The fraction of sp³-hybridized carbons (Fsp3) is 0.375. The van der Waals surface area contributed by atoms with E-state index in [1.54, 1.807) is 0 Å². The van der Waals surface area contributed by atoms with Crippen molar-refractivity contribution >= 4 is 34.8 Å². The Balaban J connectivity index is 1.85. The molecule has 0 saturated heterocycles. The maximum absolute atomic E-state index is 12.6. The molecule has 0 fully saturated rings. The van der Waals surface area contributed by atoms with Crippen LogP contribution in [0, 0.1) is 6.92 Å². The highest BCUT2D eigenvalue weighted by atomic mass is 35.5. The van der Waals surface area contributed by atoms with E-state index in [0.29, 0.717) is 16.5 Å². The van der Waals surface area contributed by atoms with Crippen molar-refractivity contribution in [3.05, 3.63) is 57.1 Å². The van der Waals surface area contributed by atoms with Crippen molar-refractivity contribution in [3.8, 4) is 5.75 Å². The molecule has 1 amide bonds. The van der Waals surface area contributed by atoms with Gasteiger partial charge in [-0.3, -0.25) is 4.79 Å². The number of fused-ring (bicyclic) bond motifs is 2. The number of halogens is 1. The summed E-state index contributed by atoms with van der Waals surface area (Å²) in [4.78, 5) is 12.6. The molecule has 0 unspecified atom stereocenters. The number of nitrogens with one attached hydrogen (secondary N) is 1. The van der Waals surface area contributed by atoms with Crippen LogP contribution in [0.2, 0.25) is 5.02 Å². The number of carbonyl (C=O) groups excluding carboxylic acids is 1. The van der Waals surface area contributed by atoms with Crippen LogP contribution in [0.15, 0.2) is 24.3 Å². The molecule has 0 atom stereocenters. The summed E-state index contributed by atoms with van der Waals surface area (Å²) in [5.74, 6) is 1.27. The number of carbonyl (C=O) groups is 1. The molecule has 0 aromatic heterocycles. The van der Waals surface area contributed by atoms with E-state index in [4.69, 9.17) is 16.3 Å². The summed E-state index contributed by atoms with van der Waals surface area (Å²) in [6, 6.07) is 8.01. The predicted octanol–water partition coefficient (Wildman–Crippen LogP) is 6.37. The molecule has 0 saturated carbocycles. The van der Waals surface area contributed by atoms with E-state index in [9.17, 15) is 4.79 Å². The first-order valence-electron chi connectivity index (χ1n) is 9.84. The van der Waals surface area contributed by atoms with Gasteiger partial charge in [0.2, 0.25) is 0 Å². The molecule has 2 aliphatic heterocycles. The van der Waals surface area contributed by atoms with Gasteiger partial charge in [-0.1, -0.05) is 25.4 Å². The fourth-order valence-electron chi connectivity index (χ4n) is 4.07. The van der Waals surface area contributed by atoms with Gasteiger partial charge in [-0.05, 0) is 92.1 Å².